The summed E-state index contributed by atoms with van der Waals surface area (Å²) >= 11 is 1.47. The van der Waals surface area contributed by atoms with Gasteiger partial charge in [0, 0.05) is 19.1 Å². The summed E-state index contributed by atoms with van der Waals surface area (Å²) in [6, 6.07) is 3.84. The average Bonchev–Trinajstić information content (AvgIpc) is 3.02. The van der Waals surface area contributed by atoms with E-state index in [1.54, 1.807) is 0 Å². The van der Waals surface area contributed by atoms with Crippen LogP contribution in [0.5, 0.6) is 0 Å². The summed E-state index contributed by atoms with van der Waals surface area (Å²) in [6.07, 6.45) is 3.11. The van der Waals surface area contributed by atoms with Gasteiger partial charge in [0.1, 0.15) is 0 Å². The summed E-state index contributed by atoms with van der Waals surface area (Å²) < 4.78 is 5.09. The highest BCUT2D eigenvalue weighted by Gasteiger charge is 2.25. The first kappa shape index (κ1) is 15.8. The molecule has 1 N–H and O–H groups in total. The Morgan fingerprint density at radius 2 is 2.19 bits per heavy atom. The smallest absolute Gasteiger partial charge is 0.407 e. The molecular weight excluding hydrogens is 288 g/mol. The van der Waals surface area contributed by atoms with E-state index in [1.165, 1.54) is 11.3 Å². The normalized spacial score (nSPS) is 15.8. The summed E-state index contributed by atoms with van der Waals surface area (Å²) in [5.74, 6) is 0.0916. The van der Waals surface area contributed by atoms with Crippen molar-refractivity contribution >= 4 is 23.3 Å². The molecule has 0 atom stereocenters. The summed E-state index contributed by atoms with van der Waals surface area (Å²) in [4.78, 5) is 26.4. The van der Waals surface area contributed by atoms with Crippen molar-refractivity contribution in [1.82, 2.24) is 10.2 Å². The fourth-order valence-corrected chi connectivity index (χ4v) is 2.99. The highest BCUT2D eigenvalue weighted by molar-refractivity contribution is 7.12. The lowest BCUT2D eigenvalue weighted by Gasteiger charge is -2.31. The number of ether oxygens (including phenoxy) is 1. The average molecular weight is 310 g/mol. The number of carbonyl (C=O) groups excluding carboxylic acids is 2. The Labute approximate surface area is 129 Å². The van der Waals surface area contributed by atoms with Gasteiger partial charge in [-0.1, -0.05) is 19.4 Å². The Balaban J connectivity index is 1.71. The molecule has 0 aromatic carbocycles. The topological polar surface area (TPSA) is 58.6 Å². The van der Waals surface area contributed by atoms with Gasteiger partial charge in [0.05, 0.1) is 11.5 Å². The van der Waals surface area contributed by atoms with Crippen LogP contribution in [-0.2, 0) is 4.74 Å². The summed E-state index contributed by atoms with van der Waals surface area (Å²) in [5.41, 5.74) is 0. The van der Waals surface area contributed by atoms with Crippen molar-refractivity contribution in [3.8, 4) is 0 Å². The lowest BCUT2D eigenvalue weighted by molar-refractivity contribution is 0.0706. The third-order valence-corrected chi connectivity index (χ3v) is 4.43. The highest BCUT2D eigenvalue weighted by atomic mass is 32.1. The van der Waals surface area contributed by atoms with Crippen LogP contribution in [0.25, 0.3) is 0 Å². The second-order valence-corrected chi connectivity index (χ2v) is 6.13. The Bertz CT molecular complexity index is 453. The second kappa shape index (κ2) is 8.02. The largest absolute Gasteiger partial charge is 0.450 e. The minimum atomic E-state index is -0.341. The van der Waals surface area contributed by atoms with E-state index < -0.39 is 0 Å². The molecule has 5 nitrogen and oxygen atoms in total. The third-order valence-electron chi connectivity index (χ3n) is 3.57. The predicted molar refractivity (Wildman–Crippen MR) is 82.6 cm³/mol. The molecule has 0 spiro atoms. The summed E-state index contributed by atoms with van der Waals surface area (Å²) in [7, 11) is 0. The first-order chi connectivity index (χ1) is 10.2. The number of carbonyl (C=O) groups is 2. The molecule has 21 heavy (non-hydrogen) atoms. The van der Waals surface area contributed by atoms with Gasteiger partial charge < -0.3 is 15.0 Å². The molecule has 2 heterocycles. The van der Waals surface area contributed by atoms with Gasteiger partial charge in [-0.05, 0) is 30.7 Å². The fourth-order valence-electron chi connectivity index (χ4n) is 2.30. The number of piperidine rings is 1. The molecule has 116 valence electrons. The van der Waals surface area contributed by atoms with E-state index in [-0.39, 0.29) is 18.0 Å². The van der Waals surface area contributed by atoms with Crippen molar-refractivity contribution in [2.75, 3.05) is 19.7 Å². The summed E-state index contributed by atoms with van der Waals surface area (Å²) in [5, 5.41) is 4.79. The zero-order chi connectivity index (χ0) is 15.1. The molecule has 1 fully saturated rings. The molecular formula is C15H22N2O3S. The van der Waals surface area contributed by atoms with Crippen molar-refractivity contribution in [2.45, 2.75) is 38.6 Å². The van der Waals surface area contributed by atoms with Crippen LogP contribution in [0, 0.1) is 0 Å². The zero-order valence-electron chi connectivity index (χ0n) is 12.3. The number of hydrogen-bond acceptors (Lipinski definition) is 4. The molecule has 1 saturated heterocycles. The Hall–Kier alpha value is -1.56. The van der Waals surface area contributed by atoms with Gasteiger partial charge in [-0.25, -0.2) is 4.79 Å². The molecule has 1 aromatic heterocycles. The van der Waals surface area contributed by atoms with Gasteiger partial charge in [0.2, 0.25) is 0 Å². The summed E-state index contributed by atoms with van der Waals surface area (Å²) in [6.45, 7) is 3.88. The molecule has 6 heteroatoms. The van der Waals surface area contributed by atoms with Crippen LogP contribution >= 0.6 is 11.3 Å². The molecule has 0 saturated carbocycles. The number of nitrogens with zero attached hydrogens (tertiary/aromatic N) is 1. The van der Waals surface area contributed by atoms with Gasteiger partial charge in [-0.15, -0.1) is 11.3 Å². The van der Waals surface area contributed by atoms with E-state index in [2.05, 4.69) is 12.2 Å². The Morgan fingerprint density at radius 3 is 2.81 bits per heavy atom. The van der Waals surface area contributed by atoms with Crippen LogP contribution in [0.3, 0.4) is 0 Å². The van der Waals surface area contributed by atoms with Crippen molar-refractivity contribution < 1.29 is 14.3 Å². The number of hydrogen-bond donors (Lipinski definition) is 1. The molecule has 2 rings (SSSR count). The predicted octanol–water partition coefficient (Wildman–Crippen LogP) is 2.88. The van der Waals surface area contributed by atoms with Gasteiger partial charge in [-0.3, -0.25) is 4.79 Å². The maximum absolute atomic E-state index is 12.2. The first-order valence-corrected chi connectivity index (χ1v) is 8.34. The lowest BCUT2D eigenvalue weighted by atomic mass is 10.1. The van der Waals surface area contributed by atoms with Gasteiger partial charge in [0.15, 0.2) is 0 Å². The minimum Gasteiger partial charge on any atom is -0.450 e. The molecule has 1 aliphatic rings. The SMILES string of the molecule is CCCCOC(=O)NC1CCN(C(=O)c2cccs2)CC1. The van der Waals surface area contributed by atoms with Crippen molar-refractivity contribution in [1.29, 1.82) is 0 Å². The minimum absolute atomic E-state index is 0.0916. The van der Waals surface area contributed by atoms with E-state index in [9.17, 15) is 9.59 Å². The van der Waals surface area contributed by atoms with Crippen LogP contribution in [0.2, 0.25) is 0 Å². The Kier molecular flexibility index (Phi) is 6.04. The number of alkyl carbamates (subject to hydrolysis) is 1. The molecule has 1 aromatic rings. The number of amides is 2. The van der Waals surface area contributed by atoms with E-state index in [0.717, 1.165) is 30.6 Å². The Morgan fingerprint density at radius 1 is 1.43 bits per heavy atom. The molecule has 0 unspecified atom stereocenters. The zero-order valence-corrected chi connectivity index (χ0v) is 13.2. The third kappa shape index (κ3) is 4.74. The van der Waals surface area contributed by atoms with E-state index in [1.807, 2.05) is 22.4 Å². The number of rotatable bonds is 5. The monoisotopic (exact) mass is 310 g/mol. The van der Waals surface area contributed by atoms with Gasteiger partial charge in [0.25, 0.3) is 5.91 Å². The van der Waals surface area contributed by atoms with Crippen molar-refractivity contribution in [3.63, 3.8) is 0 Å². The van der Waals surface area contributed by atoms with Gasteiger partial charge >= 0.3 is 6.09 Å². The number of nitrogens with one attached hydrogen (secondary N) is 1. The van der Waals surface area contributed by atoms with Crippen LogP contribution < -0.4 is 5.32 Å². The molecule has 0 bridgehead atoms. The van der Waals surface area contributed by atoms with Crippen LogP contribution in [-0.4, -0.2) is 42.6 Å². The maximum Gasteiger partial charge on any atom is 0.407 e. The lowest BCUT2D eigenvalue weighted by Crippen LogP contribution is -2.46. The van der Waals surface area contributed by atoms with E-state index in [4.69, 9.17) is 4.74 Å². The van der Waals surface area contributed by atoms with Crippen molar-refractivity contribution in [3.05, 3.63) is 22.4 Å². The quantitative estimate of drug-likeness (QED) is 0.851. The van der Waals surface area contributed by atoms with Crippen LogP contribution in [0.4, 0.5) is 4.79 Å². The van der Waals surface area contributed by atoms with Crippen LogP contribution in [0.15, 0.2) is 17.5 Å². The second-order valence-electron chi connectivity index (χ2n) is 5.18. The van der Waals surface area contributed by atoms with E-state index >= 15 is 0 Å². The molecule has 1 aliphatic heterocycles. The van der Waals surface area contributed by atoms with Crippen LogP contribution in [0.1, 0.15) is 42.3 Å². The van der Waals surface area contributed by atoms with Crippen molar-refractivity contribution in [2.24, 2.45) is 0 Å². The molecule has 2 amide bonds. The molecule has 0 aliphatic carbocycles. The number of unbranched alkanes of at least 4 members (excludes halogenated alkanes) is 1. The first-order valence-electron chi connectivity index (χ1n) is 7.46. The molecule has 0 radical (unpaired) electrons. The van der Waals surface area contributed by atoms with Gasteiger partial charge in [-0.2, -0.15) is 0 Å². The standard InChI is InChI=1S/C15H22N2O3S/c1-2-3-10-20-15(19)16-12-6-8-17(9-7-12)14(18)13-5-4-11-21-13/h4-5,11-12H,2-3,6-10H2,1H3,(H,16,19). The highest BCUT2D eigenvalue weighted by Crippen LogP contribution is 2.17. The van der Waals surface area contributed by atoms with E-state index in [0.29, 0.717) is 19.7 Å². The number of likely N-dealkylation sites (tertiary alicyclic amines) is 1. The number of thiophene rings is 1. The maximum atomic E-state index is 12.2. The fraction of sp³-hybridized carbons (Fsp3) is 0.600.